The van der Waals surface area contributed by atoms with E-state index in [9.17, 15) is 4.79 Å². The van der Waals surface area contributed by atoms with Gasteiger partial charge in [-0.3, -0.25) is 10.1 Å². The van der Waals surface area contributed by atoms with Gasteiger partial charge < -0.3 is 14.5 Å². The molecule has 0 aromatic carbocycles. The zero-order valence-electron chi connectivity index (χ0n) is 11.4. The second-order valence-corrected chi connectivity index (χ2v) is 4.98. The highest BCUT2D eigenvalue weighted by atomic mass is 16.5. The van der Waals surface area contributed by atoms with Gasteiger partial charge in [-0.05, 0) is 13.0 Å². The van der Waals surface area contributed by atoms with Crippen molar-refractivity contribution in [3.05, 3.63) is 0 Å². The van der Waals surface area contributed by atoms with Crippen LogP contribution in [0, 0.1) is 5.92 Å². The van der Waals surface area contributed by atoms with Gasteiger partial charge in [0.1, 0.15) is 0 Å². The summed E-state index contributed by atoms with van der Waals surface area (Å²) in [5.74, 6) is 0.596. The van der Waals surface area contributed by atoms with Crippen molar-refractivity contribution >= 4 is 5.91 Å². The molecular formula is C12H25N3O2. The van der Waals surface area contributed by atoms with E-state index in [1.807, 2.05) is 11.9 Å². The minimum absolute atomic E-state index is 0.000665. The first-order chi connectivity index (χ1) is 8.06. The van der Waals surface area contributed by atoms with Crippen molar-refractivity contribution in [1.29, 1.82) is 0 Å². The van der Waals surface area contributed by atoms with Crippen LogP contribution in [0.5, 0.6) is 0 Å². The van der Waals surface area contributed by atoms with E-state index < -0.39 is 0 Å². The van der Waals surface area contributed by atoms with Crippen molar-refractivity contribution in [3.63, 3.8) is 0 Å². The molecule has 1 rings (SSSR count). The van der Waals surface area contributed by atoms with Crippen LogP contribution in [-0.2, 0) is 9.53 Å². The van der Waals surface area contributed by atoms with Gasteiger partial charge >= 0.3 is 0 Å². The first-order valence-corrected chi connectivity index (χ1v) is 6.26. The maximum absolute atomic E-state index is 12.0. The predicted octanol–water partition coefficient (Wildman–Crippen LogP) is -0.0215. The Kier molecular flexibility index (Phi) is 5.88. The highest BCUT2D eigenvalue weighted by Crippen LogP contribution is 2.11. The second kappa shape index (κ2) is 6.93. The van der Waals surface area contributed by atoms with Gasteiger partial charge in [0.15, 0.2) is 0 Å². The van der Waals surface area contributed by atoms with E-state index in [1.165, 1.54) is 0 Å². The fourth-order valence-corrected chi connectivity index (χ4v) is 1.93. The zero-order valence-corrected chi connectivity index (χ0v) is 11.4. The number of nitrogens with one attached hydrogen (secondary N) is 1. The SMILES string of the molecule is COCCN(C)CCN1CNC(C(C)C)C1=O. The van der Waals surface area contributed by atoms with Crippen molar-refractivity contribution in [2.24, 2.45) is 5.92 Å². The molecule has 1 N–H and O–H groups in total. The quantitative estimate of drug-likeness (QED) is 0.682. The largest absolute Gasteiger partial charge is 0.383 e. The molecule has 0 spiro atoms. The third-order valence-corrected chi connectivity index (χ3v) is 3.18. The van der Waals surface area contributed by atoms with E-state index in [0.29, 0.717) is 12.6 Å². The minimum Gasteiger partial charge on any atom is -0.383 e. The first-order valence-electron chi connectivity index (χ1n) is 6.26. The molecule has 0 bridgehead atoms. The Morgan fingerprint density at radius 2 is 2.24 bits per heavy atom. The molecule has 1 amide bonds. The molecule has 0 saturated carbocycles. The van der Waals surface area contributed by atoms with Crippen molar-refractivity contribution in [3.8, 4) is 0 Å². The molecule has 1 heterocycles. The molecule has 1 atom stereocenters. The van der Waals surface area contributed by atoms with E-state index in [0.717, 1.165) is 26.2 Å². The van der Waals surface area contributed by atoms with E-state index >= 15 is 0 Å². The Morgan fingerprint density at radius 3 is 2.76 bits per heavy atom. The van der Waals surface area contributed by atoms with Gasteiger partial charge in [-0.1, -0.05) is 13.8 Å². The van der Waals surface area contributed by atoms with Crippen molar-refractivity contribution in [1.82, 2.24) is 15.1 Å². The summed E-state index contributed by atoms with van der Waals surface area (Å²) < 4.78 is 5.02. The summed E-state index contributed by atoms with van der Waals surface area (Å²) in [6.07, 6.45) is 0. The van der Waals surface area contributed by atoms with E-state index in [4.69, 9.17) is 4.74 Å². The molecule has 5 nitrogen and oxygen atoms in total. The molecule has 1 fully saturated rings. The first kappa shape index (κ1) is 14.4. The smallest absolute Gasteiger partial charge is 0.241 e. The molecule has 1 unspecified atom stereocenters. The topological polar surface area (TPSA) is 44.8 Å². The molecule has 0 radical (unpaired) electrons. The average molecular weight is 243 g/mol. The van der Waals surface area contributed by atoms with Gasteiger partial charge in [0, 0.05) is 26.7 Å². The van der Waals surface area contributed by atoms with Crippen LogP contribution in [0.1, 0.15) is 13.8 Å². The second-order valence-electron chi connectivity index (χ2n) is 4.98. The standard InChI is InChI=1S/C12H25N3O2/c1-10(2)11-12(16)15(9-13-11)6-5-14(3)7-8-17-4/h10-11,13H,5-9H2,1-4H3. The normalized spacial score (nSPS) is 20.9. The van der Waals surface area contributed by atoms with Crippen LogP contribution >= 0.6 is 0 Å². The number of ether oxygens (including phenoxy) is 1. The maximum Gasteiger partial charge on any atom is 0.241 e. The summed E-state index contributed by atoms with van der Waals surface area (Å²) in [7, 11) is 3.75. The summed E-state index contributed by atoms with van der Waals surface area (Å²) in [5.41, 5.74) is 0. The fraction of sp³-hybridized carbons (Fsp3) is 0.917. The van der Waals surface area contributed by atoms with Crippen molar-refractivity contribution < 1.29 is 9.53 Å². The molecule has 1 saturated heterocycles. The third kappa shape index (κ3) is 4.26. The number of carbonyl (C=O) groups is 1. The summed E-state index contributed by atoms with van der Waals surface area (Å²) in [5, 5.41) is 3.26. The van der Waals surface area contributed by atoms with Gasteiger partial charge in [-0.15, -0.1) is 0 Å². The van der Waals surface area contributed by atoms with Crippen LogP contribution in [0.3, 0.4) is 0 Å². The summed E-state index contributed by atoms with van der Waals surface area (Å²) in [6, 6.07) is -0.000665. The molecule has 0 aliphatic carbocycles. The van der Waals surface area contributed by atoms with Gasteiger partial charge in [-0.25, -0.2) is 0 Å². The highest BCUT2D eigenvalue weighted by Gasteiger charge is 2.32. The van der Waals surface area contributed by atoms with Crippen molar-refractivity contribution in [2.45, 2.75) is 19.9 Å². The number of hydrogen-bond donors (Lipinski definition) is 1. The lowest BCUT2D eigenvalue weighted by Gasteiger charge is -2.21. The van der Waals surface area contributed by atoms with Gasteiger partial charge in [0.25, 0.3) is 0 Å². The molecule has 1 aliphatic heterocycles. The van der Waals surface area contributed by atoms with E-state index in [-0.39, 0.29) is 11.9 Å². The van der Waals surface area contributed by atoms with Crippen LogP contribution in [0.2, 0.25) is 0 Å². The Hall–Kier alpha value is -0.650. The van der Waals surface area contributed by atoms with Crippen LogP contribution in [-0.4, -0.2) is 68.8 Å². The molecule has 0 aromatic heterocycles. The number of rotatable bonds is 7. The number of nitrogens with zero attached hydrogens (tertiary/aromatic N) is 2. The number of likely N-dealkylation sites (N-methyl/N-ethyl adjacent to an activating group) is 1. The Bertz CT molecular complexity index is 246. The summed E-state index contributed by atoms with van der Waals surface area (Å²) in [4.78, 5) is 16.1. The monoisotopic (exact) mass is 243 g/mol. The number of carbonyl (C=O) groups excluding carboxylic acids is 1. The lowest BCUT2D eigenvalue weighted by Crippen LogP contribution is -2.38. The molecule has 0 aromatic rings. The van der Waals surface area contributed by atoms with E-state index in [1.54, 1.807) is 7.11 Å². The predicted molar refractivity (Wildman–Crippen MR) is 67.7 cm³/mol. The number of amides is 1. The van der Waals surface area contributed by atoms with Crippen LogP contribution in [0.4, 0.5) is 0 Å². The van der Waals surface area contributed by atoms with Crippen LogP contribution in [0.15, 0.2) is 0 Å². The summed E-state index contributed by atoms with van der Waals surface area (Å²) >= 11 is 0. The third-order valence-electron chi connectivity index (χ3n) is 3.18. The Balaban J connectivity index is 2.27. The lowest BCUT2D eigenvalue weighted by molar-refractivity contribution is -0.129. The molecule has 17 heavy (non-hydrogen) atoms. The summed E-state index contributed by atoms with van der Waals surface area (Å²) in [6.45, 7) is 8.14. The zero-order chi connectivity index (χ0) is 12.8. The minimum atomic E-state index is -0.000665. The fourth-order valence-electron chi connectivity index (χ4n) is 1.93. The van der Waals surface area contributed by atoms with Crippen molar-refractivity contribution in [2.75, 3.05) is 47.1 Å². The Labute approximate surface area is 104 Å². The van der Waals surface area contributed by atoms with Gasteiger partial charge in [0.05, 0.1) is 19.3 Å². The number of methoxy groups -OCH3 is 1. The van der Waals surface area contributed by atoms with Crippen LogP contribution in [0.25, 0.3) is 0 Å². The molecule has 1 aliphatic rings. The van der Waals surface area contributed by atoms with Gasteiger partial charge in [0.2, 0.25) is 5.91 Å². The van der Waals surface area contributed by atoms with Crippen LogP contribution < -0.4 is 5.32 Å². The molecular weight excluding hydrogens is 218 g/mol. The van der Waals surface area contributed by atoms with E-state index in [2.05, 4.69) is 24.1 Å². The number of hydrogen-bond acceptors (Lipinski definition) is 4. The average Bonchev–Trinajstić information content (AvgIpc) is 2.65. The highest BCUT2D eigenvalue weighted by molar-refractivity contribution is 5.84. The maximum atomic E-state index is 12.0. The lowest BCUT2D eigenvalue weighted by atomic mass is 10.1. The Morgan fingerprint density at radius 1 is 1.53 bits per heavy atom. The molecule has 100 valence electrons. The molecule has 5 heteroatoms. The van der Waals surface area contributed by atoms with Gasteiger partial charge in [-0.2, -0.15) is 0 Å².